The summed E-state index contributed by atoms with van der Waals surface area (Å²) in [4.78, 5) is 9.22. The van der Waals surface area contributed by atoms with Gasteiger partial charge in [0.15, 0.2) is 18.9 Å². The van der Waals surface area contributed by atoms with Gasteiger partial charge >= 0.3 is 0 Å². The lowest BCUT2D eigenvalue weighted by atomic mass is 10.5. The molecule has 0 aromatic carbocycles. The van der Waals surface area contributed by atoms with Crippen molar-refractivity contribution in [2.75, 3.05) is 7.11 Å². The minimum atomic E-state index is -2.87. The molecule has 0 fully saturated rings. The van der Waals surface area contributed by atoms with Gasteiger partial charge in [0.2, 0.25) is 0 Å². The standard InChI is InChI=1S/C8H10N.CH5O3P/c1-2-6-9-7-4-3-5-8-9;1-4-5(2)3/h2-5,7-8H,1,6H2;5H,1H3,(H,2,3)/q+1;/p-1. The maximum Gasteiger partial charge on any atom is 0.169 e. The molecule has 1 aromatic rings. The zero-order chi connectivity index (χ0) is 10.8. The summed E-state index contributed by atoms with van der Waals surface area (Å²) in [6.45, 7) is 4.52. The van der Waals surface area contributed by atoms with E-state index in [1.54, 1.807) is 0 Å². The molecule has 0 bridgehead atoms. The van der Waals surface area contributed by atoms with Crippen LogP contribution in [0.4, 0.5) is 0 Å². The molecule has 5 heteroatoms. The van der Waals surface area contributed by atoms with Crippen LogP contribution in [0.2, 0.25) is 0 Å². The quantitative estimate of drug-likeness (QED) is 0.420. The van der Waals surface area contributed by atoms with Crippen LogP contribution in [-0.4, -0.2) is 7.11 Å². The molecule has 1 atom stereocenters. The molecule has 4 nitrogen and oxygen atoms in total. The number of aromatic nitrogens is 1. The van der Waals surface area contributed by atoms with Crippen LogP contribution in [0, 0.1) is 0 Å². The van der Waals surface area contributed by atoms with Crippen molar-refractivity contribution >= 4 is 8.25 Å². The molecule has 0 amide bonds. The Balaban J connectivity index is 0.000000292. The first-order chi connectivity index (χ1) is 6.70. The van der Waals surface area contributed by atoms with Gasteiger partial charge in [-0.25, -0.2) is 4.57 Å². The Kier molecular flexibility index (Phi) is 8.04. The van der Waals surface area contributed by atoms with Crippen LogP contribution in [0.15, 0.2) is 43.2 Å². The van der Waals surface area contributed by atoms with Gasteiger partial charge in [-0.3, -0.25) is 0 Å². The molecule has 0 N–H and O–H groups in total. The highest BCUT2D eigenvalue weighted by Gasteiger charge is 1.88. The zero-order valence-corrected chi connectivity index (χ0v) is 9.05. The third-order valence-electron chi connectivity index (χ3n) is 1.28. The molecule has 0 aliphatic rings. The van der Waals surface area contributed by atoms with Crippen molar-refractivity contribution in [2.24, 2.45) is 0 Å². The van der Waals surface area contributed by atoms with E-state index in [9.17, 15) is 9.46 Å². The van der Waals surface area contributed by atoms with E-state index in [1.807, 2.05) is 36.7 Å². The van der Waals surface area contributed by atoms with Crippen molar-refractivity contribution in [3.8, 4) is 0 Å². The average Bonchev–Trinajstić information content (AvgIpc) is 2.21. The Bertz CT molecular complexity index is 277. The molecule has 78 valence electrons. The fraction of sp³-hybridized carbons (Fsp3) is 0.222. The van der Waals surface area contributed by atoms with Crippen molar-refractivity contribution < 1.29 is 18.5 Å². The fourth-order valence-corrected chi connectivity index (χ4v) is 0.705. The normalized spacial score (nSPS) is 11.0. The third kappa shape index (κ3) is 7.68. The molecule has 0 aliphatic heterocycles. The summed E-state index contributed by atoms with van der Waals surface area (Å²) in [5.74, 6) is 0. The molecule has 1 heterocycles. The van der Waals surface area contributed by atoms with E-state index in [1.165, 1.54) is 0 Å². The second-order valence-corrected chi connectivity index (χ2v) is 3.22. The fourth-order valence-electron chi connectivity index (χ4n) is 0.705. The highest BCUT2D eigenvalue weighted by molar-refractivity contribution is 7.30. The SMILES string of the molecule is C=CC[n+]1ccccc1.CO[PH](=O)[O-]. The average molecular weight is 215 g/mol. The van der Waals surface area contributed by atoms with Gasteiger partial charge in [-0.05, 0) is 6.08 Å². The van der Waals surface area contributed by atoms with E-state index in [4.69, 9.17) is 0 Å². The smallest absolute Gasteiger partial charge is 0.169 e. The van der Waals surface area contributed by atoms with Crippen molar-refractivity contribution in [3.05, 3.63) is 43.2 Å². The largest absolute Gasteiger partial charge is 0.781 e. The van der Waals surface area contributed by atoms with Crippen molar-refractivity contribution in [3.63, 3.8) is 0 Å². The molecule has 1 rings (SSSR count). The van der Waals surface area contributed by atoms with Crippen LogP contribution in [0.5, 0.6) is 0 Å². The summed E-state index contributed by atoms with van der Waals surface area (Å²) < 4.78 is 15.0. The summed E-state index contributed by atoms with van der Waals surface area (Å²) in [5, 5.41) is 0. The summed E-state index contributed by atoms with van der Waals surface area (Å²) in [5.41, 5.74) is 0. The third-order valence-corrected chi connectivity index (χ3v) is 1.62. The lowest BCUT2D eigenvalue weighted by Crippen LogP contribution is -2.30. The van der Waals surface area contributed by atoms with Gasteiger partial charge in [0, 0.05) is 19.2 Å². The van der Waals surface area contributed by atoms with E-state index in [0.29, 0.717) is 0 Å². The van der Waals surface area contributed by atoms with Gasteiger partial charge in [0.05, 0.1) is 0 Å². The van der Waals surface area contributed by atoms with Crippen molar-refractivity contribution in [1.82, 2.24) is 0 Å². The molecule has 0 radical (unpaired) electrons. The molecule has 14 heavy (non-hydrogen) atoms. The van der Waals surface area contributed by atoms with Gasteiger partial charge in [-0.2, -0.15) is 0 Å². The second kappa shape index (κ2) is 8.63. The van der Waals surface area contributed by atoms with Crippen molar-refractivity contribution in [2.45, 2.75) is 6.54 Å². The number of pyridine rings is 1. The molecular formula is C9H14NO3P. The molecule has 0 saturated carbocycles. The van der Waals surface area contributed by atoms with E-state index in [-0.39, 0.29) is 0 Å². The van der Waals surface area contributed by atoms with E-state index in [0.717, 1.165) is 13.7 Å². The monoisotopic (exact) mass is 215 g/mol. The first kappa shape index (κ1) is 13.0. The summed E-state index contributed by atoms with van der Waals surface area (Å²) in [6.07, 6.45) is 5.91. The molecule has 0 saturated heterocycles. The Labute approximate surface area is 84.4 Å². The second-order valence-electron chi connectivity index (χ2n) is 2.32. The lowest BCUT2D eigenvalue weighted by Gasteiger charge is -1.95. The predicted molar refractivity (Wildman–Crippen MR) is 52.8 cm³/mol. The number of nitrogens with zero attached hydrogens (tertiary/aromatic N) is 1. The van der Waals surface area contributed by atoms with Gasteiger partial charge < -0.3 is 14.0 Å². The van der Waals surface area contributed by atoms with Gasteiger partial charge in [-0.15, -0.1) is 0 Å². The van der Waals surface area contributed by atoms with E-state index >= 15 is 0 Å². The van der Waals surface area contributed by atoms with Crippen molar-refractivity contribution in [1.29, 1.82) is 0 Å². The minimum absolute atomic E-state index is 0.890. The van der Waals surface area contributed by atoms with Crippen LogP contribution < -0.4 is 9.46 Å². The highest BCUT2D eigenvalue weighted by Crippen LogP contribution is 2.02. The van der Waals surface area contributed by atoms with Crippen LogP contribution in [-0.2, 0) is 15.6 Å². The number of rotatable bonds is 3. The molecule has 1 aromatic heterocycles. The Morgan fingerprint density at radius 2 is 2.00 bits per heavy atom. The summed E-state index contributed by atoms with van der Waals surface area (Å²) >= 11 is 0. The van der Waals surface area contributed by atoms with Crippen LogP contribution in [0.1, 0.15) is 0 Å². The van der Waals surface area contributed by atoms with Crippen LogP contribution in [0.3, 0.4) is 0 Å². The lowest BCUT2D eigenvalue weighted by molar-refractivity contribution is -0.687. The maximum absolute atomic E-state index is 9.22. The topological polar surface area (TPSA) is 53.2 Å². The van der Waals surface area contributed by atoms with E-state index in [2.05, 4.69) is 15.7 Å². The number of allylic oxidation sites excluding steroid dienone is 1. The Morgan fingerprint density at radius 1 is 1.50 bits per heavy atom. The highest BCUT2D eigenvalue weighted by atomic mass is 31.1. The van der Waals surface area contributed by atoms with Crippen LogP contribution >= 0.6 is 8.25 Å². The Morgan fingerprint density at radius 3 is 2.36 bits per heavy atom. The molecule has 1 unspecified atom stereocenters. The zero-order valence-electron chi connectivity index (χ0n) is 8.05. The number of hydrogen-bond donors (Lipinski definition) is 0. The first-order valence-corrected chi connectivity index (χ1v) is 5.23. The summed E-state index contributed by atoms with van der Waals surface area (Å²) in [7, 11) is -1.75. The van der Waals surface area contributed by atoms with Gasteiger partial charge in [0.1, 0.15) is 8.25 Å². The summed E-state index contributed by atoms with van der Waals surface area (Å²) in [6, 6.07) is 6.01. The van der Waals surface area contributed by atoms with Crippen LogP contribution in [0.25, 0.3) is 0 Å². The number of hydrogen-bond acceptors (Lipinski definition) is 3. The first-order valence-electron chi connectivity index (χ1n) is 4.00. The molecule has 0 aliphatic carbocycles. The van der Waals surface area contributed by atoms with Gasteiger partial charge in [0.25, 0.3) is 0 Å². The maximum atomic E-state index is 9.22. The molecule has 0 spiro atoms. The minimum Gasteiger partial charge on any atom is -0.781 e. The molecular weight excluding hydrogens is 201 g/mol. The van der Waals surface area contributed by atoms with E-state index < -0.39 is 8.25 Å². The predicted octanol–water partition coefficient (Wildman–Crippen LogP) is 0.543. The Hall–Kier alpha value is -0.960. The van der Waals surface area contributed by atoms with Gasteiger partial charge in [-0.1, -0.05) is 12.6 Å².